The van der Waals surface area contributed by atoms with E-state index in [0.29, 0.717) is 0 Å². The van der Waals surface area contributed by atoms with Crippen molar-refractivity contribution in [2.45, 2.75) is 27.7 Å². The van der Waals surface area contributed by atoms with E-state index in [1.54, 1.807) is 0 Å². The van der Waals surface area contributed by atoms with Gasteiger partial charge < -0.3 is 9.47 Å². The molecule has 3 aliphatic carbocycles. The molecule has 0 spiro atoms. The molecule has 3 rings (SSSR count). The maximum atomic E-state index is 12.2. The first kappa shape index (κ1) is 15.3. The van der Waals surface area contributed by atoms with Gasteiger partial charge in [-0.3, -0.25) is 9.59 Å². The highest BCUT2D eigenvalue weighted by Crippen LogP contribution is 2.98. The fourth-order valence-corrected chi connectivity index (χ4v) is 5.41. The van der Waals surface area contributed by atoms with Gasteiger partial charge in [0.2, 0.25) is 0 Å². The minimum absolute atomic E-state index is 0.117. The number of esters is 2. The third kappa shape index (κ3) is 1.48. The molecule has 0 aromatic rings. The van der Waals surface area contributed by atoms with Gasteiger partial charge in [-0.1, -0.05) is 23.3 Å². The molecule has 0 radical (unpaired) electrons. The third-order valence-electron chi connectivity index (χ3n) is 5.73. The highest BCUT2D eigenvalue weighted by atomic mass is 16.5. The Balaban J connectivity index is 2.05. The van der Waals surface area contributed by atoms with Crippen molar-refractivity contribution in [1.29, 1.82) is 0 Å². The summed E-state index contributed by atoms with van der Waals surface area (Å²) in [6, 6.07) is 0. The number of rotatable bonds is 4. The van der Waals surface area contributed by atoms with Crippen molar-refractivity contribution in [2.24, 2.45) is 34.5 Å². The Labute approximate surface area is 131 Å². The van der Waals surface area contributed by atoms with E-state index < -0.39 is 0 Å². The van der Waals surface area contributed by atoms with Crippen molar-refractivity contribution in [3.05, 3.63) is 23.3 Å². The largest absolute Gasteiger partial charge is 0.469 e. The van der Waals surface area contributed by atoms with Gasteiger partial charge in [-0.25, -0.2) is 0 Å². The predicted octanol–water partition coefficient (Wildman–Crippen LogP) is 2.74. The first-order valence-corrected chi connectivity index (χ1v) is 7.77. The van der Waals surface area contributed by atoms with Crippen LogP contribution in [0.25, 0.3) is 0 Å². The van der Waals surface area contributed by atoms with Crippen LogP contribution in [-0.4, -0.2) is 26.2 Å². The Morgan fingerprint density at radius 1 is 0.773 bits per heavy atom. The number of methoxy groups -OCH3 is 2. The highest BCUT2D eigenvalue weighted by molar-refractivity contribution is 5.89. The topological polar surface area (TPSA) is 52.6 Å². The maximum absolute atomic E-state index is 12.2. The van der Waals surface area contributed by atoms with Gasteiger partial charge in [0, 0.05) is 10.8 Å². The zero-order chi connectivity index (χ0) is 16.4. The lowest BCUT2D eigenvalue weighted by Crippen LogP contribution is -2.30. The van der Waals surface area contributed by atoms with E-state index in [1.165, 1.54) is 25.4 Å². The fourth-order valence-electron chi connectivity index (χ4n) is 5.41. The van der Waals surface area contributed by atoms with Crippen molar-refractivity contribution in [2.75, 3.05) is 14.2 Å². The molecule has 0 heterocycles. The quantitative estimate of drug-likeness (QED) is 0.592. The van der Waals surface area contributed by atoms with E-state index in [1.807, 2.05) is 27.7 Å². The summed E-state index contributed by atoms with van der Waals surface area (Å²) in [6.07, 6.45) is 4.39. The van der Waals surface area contributed by atoms with Crippen LogP contribution in [0.15, 0.2) is 23.3 Å². The Morgan fingerprint density at radius 3 is 1.32 bits per heavy atom. The van der Waals surface area contributed by atoms with Crippen LogP contribution in [0.5, 0.6) is 0 Å². The number of carbonyl (C=O) groups excluding carboxylic acids is 2. The average molecular weight is 304 g/mol. The van der Waals surface area contributed by atoms with Gasteiger partial charge in [0.15, 0.2) is 0 Å². The summed E-state index contributed by atoms with van der Waals surface area (Å²) in [5, 5.41) is 0. The number of fused-ring (bicyclic) bond motifs is 4. The summed E-state index contributed by atoms with van der Waals surface area (Å²) >= 11 is 0. The van der Waals surface area contributed by atoms with Crippen LogP contribution in [0.2, 0.25) is 0 Å². The van der Waals surface area contributed by atoms with Gasteiger partial charge in [-0.15, -0.1) is 0 Å². The summed E-state index contributed by atoms with van der Waals surface area (Å²) in [5.41, 5.74) is 1.85. The molecule has 0 aromatic heterocycles. The number of hydrogen-bond donors (Lipinski definition) is 0. The molecule has 0 aromatic carbocycles. The van der Waals surface area contributed by atoms with Crippen molar-refractivity contribution in [3.63, 3.8) is 0 Å². The van der Waals surface area contributed by atoms with Crippen LogP contribution in [0.1, 0.15) is 27.7 Å². The van der Waals surface area contributed by atoms with E-state index >= 15 is 0 Å². The van der Waals surface area contributed by atoms with Crippen molar-refractivity contribution < 1.29 is 19.1 Å². The van der Waals surface area contributed by atoms with Gasteiger partial charge in [-0.2, -0.15) is 0 Å². The molecule has 0 bridgehead atoms. The number of allylic oxidation sites excluding steroid dienone is 4. The summed E-state index contributed by atoms with van der Waals surface area (Å²) < 4.78 is 9.99. The predicted molar refractivity (Wildman–Crippen MR) is 81.7 cm³/mol. The highest BCUT2D eigenvalue weighted by Gasteiger charge is 3.00. The summed E-state index contributed by atoms with van der Waals surface area (Å²) in [5.74, 6) is -0.105. The zero-order valence-corrected chi connectivity index (χ0v) is 14.1. The minimum Gasteiger partial charge on any atom is -0.469 e. The third-order valence-corrected chi connectivity index (χ3v) is 5.73. The second-order valence-corrected chi connectivity index (χ2v) is 7.36. The molecular weight excluding hydrogens is 280 g/mol. The molecular formula is C18H24O4. The average Bonchev–Trinajstić information content (AvgIpc) is 3.24. The van der Waals surface area contributed by atoms with Gasteiger partial charge in [-0.05, 0) is 39.5 Å². The first-order chi connectivity index (χ1) is 10.3. The maximum Gasteiger partial charge on any atom is 0.309 e. The molecule has 4 unspecified atom stereocenters. The Bertz CT molecular complexity index is 555. The van der Waals surface area contributed by atoms with Crippen LogP contribution in [0.3, 0.4) is 0 Å². The molecule has 22 heavy (non-hydrogen) atoms. The molecule has 6 atom stereocenters. The molecule has 0 N–H and O–H groups in total. The van der Waals surface area contributed by atoms with Gasteiger partial charge in [0.05, 0.1) is 26.1 Å². The van der Waals surface area contributed by atoms with Crippen molar-refractivity contribution in [3.8, 4) is 0 Å². The monoisotopic (exact) mass is 304 g/mol. The molecule has 120 valence electrons. The number of hydrogen-bond acceptors (Lipinski definition) is 4. The van der Waals surface area contributed by atoms with E-state index in [4.69, 9.17) is 9.47 Å². The standard InChI is InChI=1S/C18H24O4/c1-9(2)7-17-11(13(17)15(19)21-5)12-14(16(20)22-6)18(12,17)8-10(3)4/h7-8,11-14H,1-6H3/t11?,12?,13-,14-,17?,18?/m1/s1. The van der Waals surface area contributed by atoms with E-state index in [9.17, 15) is 9.59 Å². The number of ether oxygens (including phenoxy) is 2. The molecule has 4 heteroatoms. The van der Waals surface area contributed by atoms with Crippen LogP contribution in [0, 0.1) is 34.5 Å². The van der Waals surface area contributed by atoms with E-state index in [2.05, 4.69) is 12.2 Å². The Kier molecular flexibility index (Phi) is 3.11. The fraction of sp³-hybridized carbons (Fsp3) is 0.667. The SMILES string of the molecule is COC(=O)[C@H]1C2C3[C@H](C(=O)OC)C3(C=C(C)C)C21C=C(C)C. The second-order valence-electron chi connectivity index (χ2n) is 7.36. The lowest BCUT2D eigenvalue weighted by Gasteiger charge is -2.33. The number of carbonyl (C=O) groups is 2. The van der Waals surface area contributed by atoms with Crippen LogP contribution in [0.4, 0.5) is 0 Å². The van der Waals surface area contributed by atoms with Gasteiger partial charge in [0.1, 0.15) is 0 Å². The Hall–Kier alpha value is -1.58. The van der Waals surface area contributed by atoms with Crippen molar-refractivity contribution >= 4 is 11.9 Å². The first-order valence-electron chi connectivity index (χ1n) is 7.77. The van der Waals surface area contributed by atoms with E-state index in [-0.39, 0.29) is 46.4 Å². The van der Waals surface area contributed by atoms with Crippen molar-refractivity contribution in [1.82, 2.24) is 0 Å². The molecule has 4 nitrogen and oxygen atoms in total. The van der Waals surface area contributed by atoms with Crippen LogP contribution >= 0.6 is 0 Å². The molecule has 0 amide bonds. The lowest BCUT2D eigenvalue weighted by atomic mass is 9.69. The van der Waals surface area contributed by atoms with Gasteiger partial charge >= 0.3 is 11.9 Å². The zero-order valence-electron chi connectivity index (χ0n) is 14.1. The summed E-state index contributed by atoms with van der Waals surface area (Å²) in [4.78, 5) is 24.3. The van der Waals surface area contributed by atoms with Gasteiger partial charge in [0.25, 0.3) is 0 Å². The van der Waals surface area contributed by atoms with E-state index in [0.717, 1.165) is 0 Å². The van der Waals surface area contributed by atoms with Crippen LogP contribution in [-0.2, 0) is 19.1 Å². The second kappa shape index (κ2) is 4.46. The summed E-state index contributed by atoms with van der Waals surface area (Å²) in [7, 11) is 2.88. The summed E-state index contributed by atoms with van der Waals surface area (Å²) in [6.45, 7) is 8.16. The molecule has 3 fully saturated rings. The molecule has 3 aliphatic rings. The smallest absolute Gasteiger partial charge is 0.309 e. The Morgan fingerprint density at radius 2 is 1.09 bits per heavy atom. The minimum atomic E-state index is -0.250. The lowest BCUT2D eigenvalue weighted by molar-refractivity contribution is -0.145. The molecule has 0 saturated heterocycles. The normalized spacial score (nSPS) is 42.8. The van der Waals surface area contributed by atoms with Crippen LogP contribution < -0.4 is 0 Å². The molecule has 3 saturated carbocycles. The molecule has 0 aliphatic heterocycles.